The van der Waals surface area contributed by atoms with Crippen molar-refractivity contribution >= 4 is 11.8 Å². The fraction of sp³-hybridized carbons (Fsp3) is 0.300. The highest BCUT2D eigenvalue weighted by Gasteiger charge is 2.18. The van der Waals surface area contributed by atoms with Gasteiger partial charge in [-0.05, 0) is 42.7 Å². The van der Waals surface area contributed by atoms with Crippen LogP contribution >= 0.6 is 0 Å². The van der Waals surface area contributed by atoms with E-state index in [9.17, 15) is 9.59 Å². The summed E-state index contributed by atoms with van der Waals surface area (Å²) in [6, 6.07) is 14.0. The van der Waals surface area contributed by atoms with Crippen molar-refractivity contribution < 1.29 is 19.1 Å². The van der Waals surface area contributed by atoms with Crippen LogP contribution in [0.1, 0.15) is 39.1 Å². The standard InChI is InChI=1S/C20H22N2O4/c21-19(23)15-6-3-5-14(11-15)12-22-20(24)17-8-1-2-9-18(17)26-13-16-7-4-10-25-16/h1-3,5-6,8-9,11,16H,4,7,10,12-13H2,(H2,21,23)(H,22,24). The summed E-state index contributed by atoms with van der Waals surface area (Å²) >= 11 is 0. The zero-order valence-electron chi connectivity index (χ0n) is 14.4. The lowest BCUT2D eigenvalue weighted by atomic mass is 10.1. The fourth-order valence-corrected chi connectivity index (χ4v) is 2.85. The molecule has 3 rings (SSSR count). The molecule has 0 radical (unpaired) electrons. The second-order valence-corrected chi connectivity index (χ2v) is 6.19. The molecule has 2 aromatic rings. The van der Waals surface area contributed by atoms with Crippen LogP contribution in [-0.4, -0.2) is 31.1 Å². The summed E-state index contributed by atoms with van der Waals surface area (Å²) in [5.41, 5.74) is 6.96. The molecule has 0 bridgehead atoms. The molecule has 1 fully saturated rings. The van der Waals surface area contributed by atoms with Crippen LogP contribution in [0.15, 0.2) is 48.5 Å². The van der Waals surface area contributed by atoms with Crippen LogP contribution in [0.5, 0.6) is 5.75 Å². The first-order valence-corrected chi connectivity index (χ1v) is 8.64. The van der Waals surface area contributed by atoms with Crippen molar-refractivity contribution in [2.24, 2.45) is 5.73 Å². The molecule has 6 heteroatoms. The highest BCUT2D eigenvalue weighted by Crippen LogP contribution is 2.20. The van der Waals surface area contributed by atoms with Crippen LogP contribution in [0.4, 0.5) is 0 Å². The number of nitrogens with one attached hydrogen (secondary N) is 1. The van der Waals surface area contributed by atoms with Gasteiger partial charge in [0.15, 0.2) is 0 Å². The van der Waals surface area contributed by atoms with Gasteiger partial charge in [0, 0.05) is 18.7 Å². The summed E-state index contributed by atoms with van der Waals surface area (Å²) in [6.07, 6.45) is 2.10. The maximum atomic E-state index is 12.5. The van der Waals surface area contributed by atoms with Crippen molar-refractivity contribution in [3.63, 3.8) is 0 Å². The third kappa shape index (κ3) is 4.61. The van der Waals surface area contributed by atoms with Gasteiger partial charge in [0.2, 0.25) is 5.91 Å². The maximum Gasteiger partial charge on any atom is 0.255 e. The average Bonchev–Trinajstić information content (AvgIpc) is 3.18. The fourth-order valence-electron chi connectivity index (χ4n) is 2.85. The summed E-state index contributed by atoms with van der Waals surface area (Å²) in [6.45, 7) is 1.49. The quantitative estimate of drug-likeness (QED) is 0.798. The zero-order chi connectivity index (χ0) is 18.4. The highest BCUT2D eigenvalue weighted by molar-refractivity contribution is 5.97. The molecule has 1 aliphatic heterocycles. The summed E-state index contributed by atoms with van der Waals surface area (Å²) in [4.78, 5) is 23.8. The van der Waals surface area contributed by atoms with Gasteiger partial charge in [0.1, 0.15) is 12.4 Å². The number of benzene rings is 2. The van der Waals surface area contributed by atoms with E-state index < -0.39 is 5.91 Å². The molecule has 1 unspecified atom stereocenters. The van der Waals surface area contributed by atoms with Crippen LogP contribution in [0.25, 0.3) is 0 Å². The number of amides is 2. The monoisotopic (exact) mass is 354 g/mol. The molecule has 0 spiro atoms. The molecule has 136 valence electrons. The number of hydrogen-bond donors (Lipinski definition) is 2. The van der Waals surface area contributed by atoms with E-state index >= 15 is 0 Å². The molecule has 26 heavy (non-hydrogen) atoms. The predicted octanol–water partition coefficient (Wildman–Crippen LogP) is 2.27. The van der Waals surface area contributed by atoms with Gasteiger partial charge in [-0.15, -0.1) is 0 Å². The Morgan fingerprint density at radius 1 is 1.19 bits per heavy atom. The molecule has 2 amide bonds. The molecule has 0 aromatic heterocycles. The predicted molar refractivity (Wildman–Crippen MR) is 97.0 cm³/mol. The van der Waals surface area contributed by atoms with E-state index in [-0.39, 0.29) is 12.0 Å². The smallest absolute Gasteiger partial charge is 0.255 e. The third-order valence-corrected chi connectivity index (χ3v) is 4.24. The summed E-state index contributed by atoms with van der Waals surface area (Å²) < 4.78 is 11.3. The van der Waals surface area contributed by atoms with Crippen LogP contribution in [0.3, 0.4) is 0 Å². The summed E-state index contributed by atoms with van der Waals surface area (Å²) in [5.74, 6) is -0.199. The Bertz CT molecular complexity index is 785. The largest absolute Gasteiger partial charge is 0.490 e. The molecule has 6 nitrogen and oxygen atoms in total. The number of hydrogen-bond acceptors (Lipinski definition) is 4. The topological polar surface area (TPSA) is 90.7 Å². The molecular formula is C20H22N2O4. The Balaban J connectivity index is 1.62. The molecule has 2 aromatic carbocycles. The Hall–Kier alpha value is -2.86. The van der Waals surface area contributed by atoms with Gasteiger partial charge in [0.25, 0.3) is 5.91 Å². The van der Waals surface area contributed by atoms with Crippen molar-refractivity contribution in [2.75, 3.05) is 13.2 Å². The van der Waals surface area contributed by atoms with Crippen molar-refractivity contribution in [2.45, 2.75) is 25.5 Å². The van der Waals surface area contributed by atoms with Gasteiger partial charge in [-0.1, -0.05) is 24.3 Å². The Labute approximate surface area is 152 Å². The molecule has 3 N–H and O–H groups in total. The Kier molecular flexibility index (Phi) is 5.86. The average molecular weight is 354 g/mol. The van der Waals surface area contributed by atoms with Crippen LogP contribution in [-0.2, 0) is 11.3 Å². The minimum absolute atomic E-state index is 0.0858. The number of nitrogens with two attached hydrogens (primary N) is 1. The van der Waals surface area contributed by atoms with Gasteiger partial charge >= 0.3 is 0 Å². The normalized spacial score (nSPS) is 16.2. The van der Waals surface area contributed by atoms with Gasteiger partial charge in [-0.25, -0.2) is 0 Å². The van der Waals surface area contributed by atoms with E-state index in [4.69, 9.17) is 15.2 Å². The molecule has 0 saturated carbocycles. The van der Waals surface area contributed by atoms with E-state index in [1.807, 2.05) is 12.1 Å². The zero-order valence-corrected chi connectivity index (χ0v) is 14.4. The van der Waals surface area contributed by atoms with Gasteiger partial charge in [-0.3, -0.25) is 9.59 Å². The van der Waals surface area contributed by atoms with Gasteiger partial charge < -0.3 is 20.5 Å². The second-order valence-electron chi connectivity index (χ2n) is 6.19. The lowest BCUT2D eigenvalue weighted by Crippen LogP contribution is -2.24. The van der Waals surface area contributed by atoms with Crippen molar-refractivity contribution in [1.29, 1.82) is 0 Å². The summed E-state index contributed by atoms with van der Waals surface area (Å²) in [7, 11) is 0. The van der Waals surface area contributed by atoms with Crippen LogP contribution in [0, 0.1) is 0 Å². The highest BCUT2D eigenvalue weighted by atomic mass is 16.5. The Morgan fingerprint density at radius 3 is 2.81 bits per heavy atom. The van der Waals surface area contributed by atoms with E-state index in [1.165, 1.54) is 0 Å². The number of ether oxygens (including phenoxy) is 2. The first-order chi connectivity index (χ1) is 12.6. The number of carbonyl (C=O) groups excluding carboxylic acids is 2. The minimum atomic E-state index is -0.494. The van der Waals surface area contributed by atoms with Crippen molar-refractivity contribution in [3.05, 3.63) is 65.2 Å². The minimum Gasteiger partial charge on any atom is -0.490 e. The SMILES string of the molecule is NC(=O)c1cccc(CNC(=O)c2ccccc2OCC2CCCO2)c1. The number of para-hydroxylation sites is 1. The number of rotatable bonds is 7. The van der Waals surface area contributed by atoms with Crippen LogP contribution in [0.2, 0.25) is 0 Å². The van der Waals surface area contributed by atoms with Crippen LogP contribution < -0.4 is 15.8 Å². The van der Waals surface area contributed by atoms with E-state index in [0.29, 0.717) is 30.0 Å². The maximum absolute atomic E-state index is 12.5. The van der Waals surface area contributed by atoms with E-state index in [1.54, 1.807) is 36.4 Å². The van der Waals surface area contributed by atoms with E-state index in [2.05, 4.69) is 5.32 Å². The first-order valence-electron chi connectivity index (χ1n) is 8.64. The first kappa shape index (κ1) is 17.9. The molecule has 1 aliphatic rings. The molecular weight excluding hydrogens is 332 g/mol. The molecule has 1 atom stereocenters. The third-order valence-electron chi connectivity index (χ3n) is 4.24. The second kappa shape index (κ2) is 8.49. The van der Waals surface area contributed by atoms with Gasteiger partial charge in [0.05, 0.1) is 11.7 Å². The van der Waals surface area contributed by atoms with E-state index in [0.717, 1.165) is 25.0 Å². The molecule has 1 saturated heterocycles. The lowest BCUT2D eigenvalue weighted by molar-refractivity contribution is 0.0670. The molecule has 1 heterocycles. The van der Waals surface area contributed by atoms with Crippen molar-refractivity contribution in [1.82, 2.24) is 5.32 Å². The van der Waals surface area contributed by atoms with Gasteiger partial charge in [-0.2, -0.15) is 0 Å². The number of carbonyl (C=O) groups is 2. The van der Waals surface area contributed by atoms with Crippen molar-refractivity contribution in [3.8, 4) is 5.75 Å². The Morgan fingerprint density at radius 2 is 2.04 bits per heavy atom. The molecule has 0 aliphatic carbocycles. The lowest BCUT2D eigenvalue weighted by Gasteiger charge is -2.14. The number of primary amides is 1. The summed E-state index contributed by atoms with van der Waals surface area (Å²) in [5, 5.41) is 2.85.